The smallest absolute Gasteiger partial charge is 0.181 e. The first-order valence-electron chi connectivity index (χ1n) is 6.45. The number of rotatable bonds is 5. The Hall–Kier alpha value is -1.74. The predicted molar refractivity (Wildman–Crippen MR) is 76.4 cm³/mol. The molecule has 2 aromatic rings. The number of hydrogen-bond acceptors (Lipinski definition) is 3. The lowest BCUT2D eigenvalue weighted by Gasteiger charge is -2.22. The molecule has 0 N–H and O–H groups in total. The molecule has 2 rings (SSSR count). The lowest BCUT2D eigenvalue weighted by atomic mass is 9.98. The van der Waals surface area contributed by atoms with Crippen LogP contribution in [0.4, 0.5) is 0 Å². The number of methoxy groups -OCH3 is 1. The predicted octanol–water partition coefficient (Wildman–Crippen LogP) is 3.62. The molecule has 1 aromatic carbocycles. The van der Waals surface area contributed by atoms with Crippen molar-refractivity contribution < 1.29 is 9.53 Å². The zero-order valence-corrected chi connectivity index (χ0v) is 11.6. The van der Waals surface area contributed by atoms with Gasteiger partial charge in [-0.15, -0.1) is 0 Å². The van der Waals surface area contributed by atoms with Crippen LogP contribution in [0, 0.1) is 0 Å². The molecule has 100 valence electrons. The van der Waals surface area contributed by atoms with Crippen molar-refractivity contribution in [3.05, 3.63) is 42.2 Å². The number of aromatic nitrogens is 1. The summed E-state index contributed by atoms with van der Waals surface area (Å²) in [6, 6.07) is 9.75. The number of carbonyl (C=O) groups excluding carboxylic acids is 1. The van der Waals surface area contributed by atoms with E-state index in [0.717, 1.165) is 10.8 Å². The largest absolute Gasteiger partial charge is 0.379 e. The van der Waals surface area contributed by atoms with Gasteiger partial charge >= 0.3 is 0 Å². The van der Waals surface area contributed by atoms with Crippen LogP contribution in [-0.4, -0.2) is 23.5 Å². The summed E-state index contributed by atoms with van der Waals surface area (Å²) in [7, 11) is 1.67. The molecule has 0 atom stereocenters. The van der Waals surface area contributed by atoms with Crippen LogP contribution in [0.5, 0.6) is 0 Å². The zero-order valence-electron chi connectivity index (χ0n) is 11.6. The summed E-state index contributed by atoms with van der Waals surface area (Å²) in [6.45, 7) is 3.97. The van der Waals surface area contributed by atoms with Crippen molar-refractivity contribution in [2.45, 2.75) is 32.3 Å². The van der Waals surface area contributed by atoms with E-state index in [0.29, 0.717) is 18.5 Å². The average molecular weight is 257 g/mol. The van der Waals surface area contributed by atoms with E-state index < -0.39 is 0 Å². The highest BCUT2D eigenvalue weighted by atomic mass is 16.5. The lowest BCUT2D eigenvalue weighted by Crippen LogP contribution is -2.23. The molecule has 0 aliphatic heterocycles. The second-order valence-corrected chi connectivity index (χ2v) is 5.27. The van der Waals surface area contributed by atoms with Gasteiger partial charge in [0.25, 0.3) is 0 Å². The van der Waals surface area contributed by atoms with E-state index in [1.54, 1.807) is 13.3 Å². The van der Waals surface area contributed by atoms with Gasteiger partial charge in [0.15, 0.2) is 5.78 Å². The Morgan fingerprint density at radius 3 is 2.74 bits per heavy atom. The van der Waals surface area contributed by atoms with Gasteiger partial charge in [0.1, 0.15) is 5.69 Å². The first-order chi connectivity index (χ1) is 9.03. The number of hydrogen-bond donors (Lipinski definition) is 0. The summed E-state index contributed by atoms with van der Waals surface area (Å²) in [6.07, 6.45) is 2.83. The molecule has 3 nitrogen and oxygen atoms in total. The second kappa shape index (κ2) is 5.49. The average Bonchev–Trinajstić information content (AvgIpc) is 2.44. The normalized spacial score (nSPS) is 11.7. The maximum Gasteiger partial charge on any atom is 0.181 e. The fraction of sp³-hybridized carbons (Fsp3) is 0.375. The van der Waals surface area contributed by atoms with Gasteiger partial charge < -0.3 is 4.74 Å². The van der Waals surface area contributed by atoms with Crippen molar-refractivity contribution in [3.8, 4) is 0 Å². The molecule has 0 amide bonds. The summed E-state index contributed by atoms with van der Waals surface area (Å²) >= 11 is 0. The Morgan fingerprint density at radius 2 is 2.00 bits per heavy atom. The molecule has 19 heavy (non-hydrogen) atoms. The van der Waals surface area contributed by atoms with Gasteiger partial charge in [0.2, 0.25) is 0 Å². The van der Waals surface area contributed by atoms with Crippen LogP contribution in [-0.2, 0) is 4.74 Å². The number of nitrogens with zero attached hydrogens (tertiary/aromatic N) is 1. The van der Waals surface area contributed by atoms with Crippen LogP contribution in [0.15, 0.2) is 36.5 Å². The number of ether oxygens (including phenoxy) is 1. The lowest BCUT2D eigenvalue weighted by molar-refractivity contribution is 0.0141. The minimum absolute atomic E-state index is 0.0712. The van der Waals surface area contributed by atoms with Crippen molar-refractivity contribution >= 4 is 16.6 Å². The van der Waals surface area contributed by atoms with Gasteiger partial charge in [0.05, 0.1) is 5.60 Å². The van der Waals surface area contributed by atoms with Crippen LogP contribution in [0.2, 0.25) is 0 Å². The molecule has 0 saturated heterocycles. The minimum Gasteiger partial charge on any atom is -0.379 e. The highest BCUT2D eigenvalue weighted by Gasteiger charge is 2.20. The van der Waals surface area contributed by atoms with Crippen LogP contribution >= 0.6 is 0 Å². The first kappa shape index (κ1) is 13.7. The van der Waals surface area contributed by atoms with Gasteiger partial charge in [-0.3, -0.25) is 9.78 Å². The van der Waals surface area contributed by atoms with E-state index in [1.807, 2.05) is 44.2 Å². The van der Waals surface area contributed by atoms with Gasteiger partial charge in [-0.05, 0) is 31.7 Å². The third kappa shape index (κ3) is 3.18. The van der Waals surface area contributed by atoms with Crippen LogP contribution in [0.1, 0.15) is 37.2 Å². The van der Waals surface area contributed by atoms with Crippen LogP contribution < -0.4 is 0 Å². The molecule has 0 spiro atoms. The zero-order chi connectivity index (χ0) is 13.9. The molecule has 0 fully saturated rings. The summed E-state index contributed by atoms with van der Waals surface area (Å²) in [5.74, 6) is 0.0712. The molecule has 0 bridgehead atoms. The van der Waals surface area contributed by atoms with Gasteiger partial charge in [-0.2, -0.15) is 0 Å². The number of carbonyl (C=O) groups is 1. The number of ketones is 1. The van der Waals surface area contributed by atoms with Gasteiger partial charge in [-0.1, -0.05) is 24.3 Å². The van der Waals surface area contributed by atoms with E-state index in [4.69, 9.17) is 4.74 Å². The van der Waals surface area contributed by atoms with Crippen LogP contribution in [0.3, 0.4) is 0 Å². The second-order valence-electron chi connectivity index (χ2n) is 5.27. The quantitative estimate of drug-likeness (QED) is 0.768. The number of Topliss-reactive ketones (excluding diaryl/α,β-unsaturated/α-hetero) is 1. The minimum atomic E-state index is -0.278. The molecule has 1 aromatic heterocycles. The Balaban J connectivity index is 2.23. The van der Waals surface area contributed by atoms with Gasteiger partial charge in [-0.25, -0.2) is 0 Å². The molecule has 1 heterocycles. The summed E-state index contributed by atoms with van der Waals surface area (Å²) in [4.78, 5) is 16.5. The molecule has 3 heteroatoms. The maximum atomic E-state index is 12.3. The third-order valence-electron chi connectivity index (χ3n) is 3.44. The third-order valence-corrected chi connectivity index (χ3v) is 3.44. The maximum absolute atomic E-state index is 12.3. The fourth-order valence-electron chi connectivity index (χ4n) is 1.98. The Bertz CT molecular complexity index is 585. The SMILES string of the molecule is COC(C)(C)CCC(=O)c1nccc2ccccc12. The van der Waals surface area contributed by atoms with Crippen molar-refractivity contribution in [1.82, 2.24) is 4.98 Å². The van der Waals surface area contributed by atoms with Crippen molar-refractivity contribution in [1.29, 1.82) is 0 Å². The molecule has 0 aliphatic rings. The van der Waals surface area contributed by atoms with E-state index in [-0.39, 0.29) is 11.4 Å². The molecule has 0 radical (unpaired) electrons. The van der Waals surface area contributed by atoms with E-state index in [9.17, 15) is 4.79 Å². The summed E-state index contributed by atoms with van der Waals surface area (Å²) in [5.41, 5.74) is 0.283. The highest BCUT2D eigenvalue weighted by molar-refractivity contribution is 6.06. The Labute approximate surface area is 113 Å². The van der Waals surface area contributed by atoms with E-state index in [1.165, 1.54) is 0 Å². The first-order valence-corrected chi connectivity index (χ1v) is 6.45. The highest BCUT2D eigenvalue weighted by Crippen LogP contribution is 2.21. The Morgan fingerprint density at radius 1 is 1.26 bits per heavy atom. The van der Waals surface area contributed by atoms with Crippen molar-refractivity contribution in [2.75, 3.05) is 7.11 Å². The van der Waals surface area contributed by atoms with Crippen molar-refractivity contribution in [3.63, 3.8) is 0 Å². The summed E-state index contributed by atoms with van der Waals surface area (Å²) < 4.78 is 5.34. The van der Waals surface area contributed by atoms with E-state index >= 15 is 0 Å². The van der Waals surface area contributed by atoms with Gasteiger partial charge in [0, 0.05) is 25.1 Å². The molecule has 0 saturated carbocycles. The molecule has 0 aliphatic carbocycles. The number of pyridine rings is 1. The Kier molecular flexibility index (Phi) is 3.96. The number of benzene rings is 1. The molecular weight excluding hydrogens is 238 g/mol. The van der Waals surface area contributed by atoms with Crippen LogP contribution in [0.25, 0.3) is 10.8 Å². The topological polar surface area (TPSA) is 39.2 Å². The fourth-order valence-corrected chi connectivity index (χ4v) is 1.98. The standard InChI is InChI=1S/C16H19NO2/c1-16(2,19-3)10-8-14(18)15-13-7-5-4-6-12(13)9-11-17-15/h4-7,9,11H,8,10H2,1-3H3. The van der Waals surface area contributed by atoms with Crippen molar-refractivity contribution in [2.24, 2.45) is 0 Å². The molecule has 0 unspecified atom stereocenters. The summed E-state index contributed by atoms with van der Waals surface area (Å²) in [5, 5.41) is 1.97. The van der Waals surface area contributed by atoms with E-state index in [2.05, 4.69) is 4.98 Å². The molecular formula is C16H19NO2. The monoisotopic (exact) mass is 257 g/mol. The number of fused-ring (bicyclic) bond motifs is 1.